The van der Waals surface area contributed by atoms with E-state index in [9.17, 15) is 9.18 Å². The summed E-state index contributed by atoms with van der Waals surface area (Å²) in [4.78, 5) is 16.6. The van der Waals surface area contributed by atoms with Gasteiger partial charge in [-0.2, -0.15) is 0 Å². The Bertz CT molecular complexity index is 739. The first kappa shape index (κ1) is 19.7. The zero-order valence-corrected chi connectivity index (χ0v) is 15.7. The molecule has 136 valence electrons. The van der Waals surface area contributed by atoms with Crippen LogP contribution in [0.4, 0.5) is 4.39 Å². The zero-order valence-electron chi connectivity index (χ0n) is 14.1. The van der Waals surface area contributed by atoms with Crippen molar-refractivity contribution in [1.82, 2.24) is 15.0 Å². The van der Waals surface area contributed by atoms with Gasteiger partial charge in [-0.3, -0.25) is 9.69 Å². The van der Waals surface area contributed by atoms with Gasteiger partial charge in [-0.15, -0.1) is 12.4 Å². The first-order valence-corrected chi connectivity index (χ1v) is 8.22. The van der Waals surface area contributed by atoms with Gasteiger partial charge in [-0.1, -0.05) is 16.8 Å². The molecule has 8 heteroatoms. The molecule has 2 aromatic rings. The van der Waals surface area contributed by atoms with Gasteiger partial charge in [0.25, 0.3) is 5.91 Å². The third-order valence-electron chi connectivity index (χ3n) is 4.38. The average molecular weight is 388 g/mol. The number of rotatable bonds is 3. The Balaban J connectivity index is 0.00000225. The van der Waals surface area contributed by atoms with Crippen LogP contribution in [0.15, 0.2) is 22.7 Å². The number of carbonyl (C=O) groups excluding carboxylic acids is 1. The van der Waals surface area contributed by atoms with Crippen LogP contribution in [0.1, 0.15) is 27.4 Å². The predicted octanol–water partition coefficient (Wildman–Crippen LogP) is 3.46. The molecule has 5 nitrogen and oxygen atoms in total. The van der Waals surface area contributed by atoms with Crippen LogP contribution >= 0.6 is 24.0 Å². The highest BCUT2D eigenvalue weighted by molar-refractivity contribution is 6.33. The number of amides is 1. The van der Waals surface area contributed by atoms with Crippen molar-refractivity contribution in [2.75, 3.05) is 26.2 Å². The van der Waals surface area contributed by atoms with Crippen molar-refractivity contribution in [3.05, 3.63) is 51.6 Å². The van der Waals surface area contributed by atoms with Crippen LogP contribution in [0.3, 0.4) is 0 Å². The second kappa shape index (κ2) is 8.17. The maximum absolute atomic E-state index is 13.1. The van der Waals surface area contributed by atoms with E-state index in [4.69, 9.17) is 16.1 Å². The number of hydrogen-bond acceptors (Lipinski definition) is 4. The molecule has 0 aliphatic carbocycles. The van der Waals surface area contributed by atoms with Crippen LogP contribution in [0.2, 0.25) is 5.02 Å². The third kappa shape index (κ3) is 4.32. The fourth-order valence-electron chi connectivity index (χ4n) is 2.89. The van der Waals surface area contributed by atoms with Gasteiger partial charge < -0.3 is 9.42 Å². The molecule has 0 bridgehead atoms. The van der Waals surface area contributed by atoms with Gasteiger partial charge in [0.05, 0.1) is 16.3 Å². The molecule has 0 spiro atoms. The number of nitrogens with zero attached hydrogens (tertiary/aromatic N) is 3. The van der Waals surface area contributed by atoms with E-state index in [1.54, 1.807) is 4.90 Å². The first-order chi connectivity index (χ1) is 11.5. The van der Waals surface area contributed by atoms with Crippen LogP contribution in [0, 0.1) is 19.7 Å². The number of benzene rings is 1. The molecule has 1 aromatic carbocycles. The summed E-state index contributed by atoms with van der Waals surface area (Å²) in [5.41, 5.74) is 2.36. The van der Waals surface area contributed by atoms with Crippen LogP contribution in [0.25, 0.3) is 0 Å². The minimum Gasteiger partial charge on any atom is -0.361 e. The Morgan fingerprint density at radius 2 is 1.96 bits per heavy atom. The first-order valence-electron chi connectivity index (χ1n) is 7.84. The van der Waals surface area contributed by atoms with Crippen LogP contribution < -0.4 is 0 Å². The van der Waals surface area contributed by atoms with Crippen LogP contribution in [0.5, 0.6) is 0 Å². The second-order valence-corrected chi connectivity index (χ2v) is 6.40. The Hall–Kier alpha value is -1.63. The summed E-state index contributed by atoms with van der Waals surface area (Å²) >= 11 is 5.99. The number of hydrogen-bond donors (Lipinski definition) is 0. The van der Waals surface area contributed by atoms with Gasteiger partial charge in [-0.05, 0) is 32.0 Å². The van der Waals surface area contributed by atoms with Gasteiger partial charge in [0.2, 0.25) is 0 Å². The van der Waals surface area contributed by atoms with E-state index in [-0.39, 0.29) is 23.3 Å². The van der Waals surface area contributed by atoms with Gasteiger partial charge in [0, 0.05) is 38.3 Å². The Labute approximate surface area is 157 Å². The molecule has 1 aliphatic rings. The molecule has 0 unspecified atom stereocenters. The van der Waals surface area contributed by atoms with Gasteiger partial charge in [0.15, 0.2) is 0 Å². The second-order valence-electron chi connectivity index (χ2n) is 6.00. The molecule has 3 rings (SSSR count). The standard InChI is InChI=1S/C17H19ClFN3O2.ClH/c1-11-15(12(2)24-20-11)10-21-5-7-22(8-6-21)17(23)14-4-3-13(19)9-16(14)18;/h3-4,9H,5-8,10H2,1-2H3;1H. The Kier molecular flexibility index (Phi) is 6.43. The number of halogens is 3. The van der Waals surface area contributed by atoms with Crippen molar-refractivity contribution in [3.8, 4) is 0 Å². The molecular weight excluding hydrogens is 368 g/mol. The third-order valence-corrected chi connectivity index (χ3v) is 4.70. The van der Waals surface area contributed by atoms with Crippen molar-refractivity contribution in [2.45, 2.75) is 20.4 Å². The summed E-state index contributed by atoms with van der Waals surface area (Å²) in [6, 6.07) is 3.87. The van der Waals surface area contributed by atoms with E-state index in [1.165, 1.54) is 18.2 Å². The fourth-order valence-corrected chi connectivity index (χ4v) is 3.14. The van der Waals surface area contributed by atoms with Crippen LogP contribution in [-0.4, -0.2) is 47.0 Å². The van der Waals surface area contributed by atoms with Crippen molar-refractivity contribution < 1.29 is 13.7 Å². The molecule has 2 heterocycles. The van der Waals surface area contributed by atoms with E-state index in [0.29, 0.717) is 18.7 Å². The summed E-state index contributed by atoms with van der Waals surface area (Å²) in [5, 5.41) is 4.12. The largest absolute Gasteiger partial charge is 0.361 e. The number of aromatic nitrogens is 1. The highest BCUT2D eigenvalue weighted by atomic mass is 35.5. The summed E-state index contributed by atoms with van der Waals surface area (Å²) < 4.78 is 18.3. The lowest BCUT2D eigenvalue weighted by Gasteiger charge is -2.34. The molecule has 1 aromatic heterocycles. The molecule has 1 fully saturated rings. The van der Waals surface area contributed by atoms with E-state index in [0.717, 1.165) is 36.7 Å². The minimum atomic E-state index is -0.444. The van der Waals surface area contributed by atoms with E-state index in [2.05, 4.69) is 10.1 Å². The quantitative estimate of drug-likeness (QED) is 0.808. The molecule has 1 amide bonds. The topological polar surface area (TPSA) is 49.6 Å². The maximum Gasteiger partial charge on any atom is 0.255 e. The van der Waals surface area contributed by atoms with E-state index < -0.39 is 5.82 Å². The van der Waals surface area contributed by atoms with Gasteiger partial charge >= 0.3 is 0 Å². The number of carbonyl (C=O) groups is 1. The fraction of sp³-hybridized carbons (Fsp3) is 0.412. The zero-order chi connectivity index (χ0) is 17.3. The number of piperazine rings is 1. The Morgan fingerprint density at radius 3 is 2.52 bits per heavy atom. The molecule has 0 N–H and O–H groups in total. The Morgan fingerprint density at radius 1 is 1.28 bits per heavy atom. The summed E-state index contributed by atoms with van der Waals surface area (Å²) in [6.45, 7) is 7.34. The lowest BCUT2D eigenvalue weighted by Crippen LogP contribution is -2.48. The average Bonchev–Trinajstić information content (AvgIpc) is 2.87. The van der Waals surface area contributed by atoms with Crippen molar-refractivity contribution in [3.63, 3.8) is 0 Å². The molecule has 1 aliphatic heterocycles. The molecular formula is C17H20Cl2FN3O2. The van der Waals surface area contributed by atoms with Crippen molar-refractivity contribution in [1.29, 1.82) is 0 Å². The lowest BCUT2D eigenvalue weighted by molar-refractivity contribution is 0.0627. The molecule has 0 atom stereocenters. The molecule has 0 saturated carbocycles. The normalized spacial score (nSPS) is 15.1. The van der Waals surface area contributed by atoms with Crippen molar-refractivity contribution in [2.24, 2.45) is 0 Å². The smallest absolute Gasteiger partial charge is 0.255 e. The van der Waals surface area contributed by atoms with Crippen LogP contribution in [-0.2, 0) is 6.54 Å². The molecule has 0 radical (unpaired) electrons. The molecule has 25 heavy (non-hydrogen) atoms. The van der Waals surface area contributed by atoms with Gasteiger partial charge in [-0.25, -0.2) is 4.39 Å². The van der Waals surface area contributed by atoms with E-state index in [1.807, 2.05) is 13.8 Å². The maximum atomic E-state index is 13.1. The highest BCUT2D eigenvalue weighted by Gasteiger charge is 2.24. The summed E-state index contributed by atoms with van der Waals surface area (Å²) in [6.07, 6.45) is 0. The SMILES string of the molecule is Cc1noc(C)c1CN1CCN(C(=O)c2ccc(F)cc2Cl)CC1.Cl. The molecule has 1 saturated heterocycles. The number of aryl methyl sites for hydroxylation is 2. The summed E-state index contributed by atoms with van der Waals surface area (Å²) in [5.74, 6) is 0.238. The minimum absolute atomic E-state index is 0. The highest BCUT2D eigenvalue weighted by Crippen LogP contribution is 2.21. The van der Waals surface area contributed by atoms with Crippen molar-refractivity contribution >= 4 is 29.9 Å². The lowest BCUT2D eigenvalue weighted by atomic mass is 10.1. The predicted molar refractivity (Wildman–Crippen MR) is 95.8 cm³/mol. The monoisotopic (exact) mass is 387 g/mol. The summed E-state index contributed by atoms with van der Waals surface area (Å²) in [7, 11) is 0. The van der Waals surface area contributed by atoms with E-state index >= 15 is 0 Å². The van der Waals surface area contributed by atoms with Gasteiger partial charge in [0.1, 0.15) is 11.6 Å².